The molecule has 12 heteroatoms. The summed E-state index contributed by atoms with van der Waals surface area (Å²) in [6, 6.07) is 0.105. The molecular formula is C23H28F3N7O2. The van der Waals surface area contributed by atoms with Crippen molar-refractivity contribution >= 4 is 6.03 Å². The van der Waals surface area contributed by atoms with Gasteiger partial charge in [-0.15, -0.1) is 0 Å². The molecule has 5 aliphatic rings. The monoisotopic (exact) mass is 491 g/mol. The molecule has 9 nitrogen and oxygen atoms in total. The molecule has 7 rings (SSSR count). The number of alkyl halides is 3. The molecule has 2 saturated heterocycles. The van der Waals surface area contributed by atoms with Crippen LogP contribution in [-0.2, 0) is 18.3 Å². The van der Waals surface area contributed by atoms with Crippen LogP contribution in [0.2, 0.25) is 0 Å². The Morgan fingerprint density at radius 3 is 2.29 bits per heavy atom. The standard InChI is InChI=1S/C23H28F3N7O2/c24-23(25,26)16-7-27-33(9-16)8-14-3-20(4-14)10-31(11-20)19(34)32-12-21(13-32)5-15(6-21)17-28-18(30-29-17)22(35)1-2-22/h7,9,14-15,35H,1-6,8,10-13H2,(H,28,29,30). The summed E-state index contributed by atoms with van der Waals surface area (Å²) in [4.78, 5) is 21.2. The van der Waals surface area contributed by atoms with E-state index < -0.39 is 17.3 Å². The maximum absolute atomic E-state index is 12.9. The topological polar surface area (TPSA) is 103 Å². The number of aliphatic hydroxyl groups is 1. The number of aromatic amines is 1. The first-order chi connectivity index (χ1) is 16.5. The van der Waals surface area contributed by atoms with Crippen LogP contribution in [0.3, 0.4) is 0 Å². The molecule has 4 heterocycles. The lowest BCUT2D eigenvalue weighted by molar-refractivity contribution is -0.137. The van der Waals surface area contributed by atoms with E-state index in [4.69, 9.17) is 0 Å². The number of carbonyl (C=O) groups is 1. The van der Waals surface area contributed by atoms with Crippen molar-refractivity contribution in [1.82, 2.24) is 34.8 Å². The van der Waals surface area contributed by atoms with Gasteiger partial charge in [-0.25, -0.2) is 9.78 Å². The molecule has 0 bridgehead atoms. The highest BCUT2D eigenvalue weighted by atomic mass is 19.4. The summed E-state index contributed by atoms with van der Waals surface area (Å²) in [5.41, 5.74) is -1.20. The Morgan fingerprint density at radius 1 is 1.09 bits per heavy atom. The molecule has 0 atom stereocenters. The minimum absolute atomic E-state index is 0.105. The Labute approximate surface area is 199 Å². The molecule has 2 aliphatic heterocycles. The molecule has 2 aromatic rings. The van der Waals surface area contributed by atoms with Crippen LogP contribution in [0.15, 0.2) is 12.4 Å². The maximum Gasteiger partial charge on any atom is 0.419 e. The van der Waals surface area contributed by atoms with Crippen LogP contribution in [0.4, 0.5) is 18.0 Å². The number of nitrogens with zero attached hydrogens (tertiary/aromatic N) is 6. The molecule has 3 saturated carbocycles. The second kappa shape index (κ2) is 6.77. The first-order valence-corrected chi connectivity index (χ1v) is 12.3. The molecule has 5 fully saturated rings. The Hall–Kier alpha value is -2.63. The SMILES string of the molecule is O=C(N1CC2(CC(Cn3cc(C(F)(F)F)cn3)C2)C1)N1CC2(CC(c3nc(C4(O)CC4)n[nH]3)C2)C1. The number of carbonyl (C=O) groups excluding carboxylic acids is 1. The van der Waals surface area contributed by atoms with Crippen LogP contribution in [0, 0.1) is 16.7 Å². The van der Waals surface area contributed by atoms with Crippen LogP contribution < -0.4 is 0 Å². The number of H-pyrrole nitrogens is 1. The molecule has 188 valence electrons. The van der Waals surface area contributed by atoms with Gasteiger partial charge in [-0.05, 0) is 44.4 Å². The van der Waals surface area contributed by atoms with E-state index in [-0.39, 0.29) is 16.9 Å². The maximum atomic E-state index is 12.9. The Kier molecular flexibility index (Phi) is 4.19. The van der Waals surface area contributed by atoms with Gasteiger partial charge in [0.25, 0.3) is 0 Å². The van der Waals surface area contributed by atoms with Crippen molar-refractivity contribution in [3.63, 3.8) is 0 Å². The molecule has 0 unspecified atom stereocenters. The number of rotatable bonds is 4. The van der Waals surface area contributed by atoms with Gasteiger partial charge < -0.3 is 14.9 Å². The van der Waals surface area contributed by atoms with Crippen molar-refractivity contribution in [3.05, 3.63) is 29.6 Å². The second-order valence-electron chi connectivity index (χ2n) is 11.9. The highest BCUT2D eigenvalue weighted by Crippen LogP contribution is 2.57. The zero-order valence-electron chi connectivity index (χ0n) is 19.3. The summed E-state index contributed by atoms with van der Waals surface area (Å²) in [5.74, 6) is 1.99. The number of nitrogens with one attached hydrogen (secondary N) is 1. The Bertz CT molecular complexity index is 1160. The molecule has 0 aromatic carbocycles. The number of amides is 2. The summed E-state index contributed by atoms with van der Waals surface area (Å²) in [6.07, 6.45) is 2.87. The summed E-state index contributed by atoms with van der Waals surface area (Å²) < 4.78 is 39.6. The van der Waals surface area contributed by atoms with Gasteiger partial charge in [0.05, 0.1) is 11.8 Å². The largest absolute Gasteiger partial charge is 0.419 e. The van der Waals surface area contributed by atoms with Crippen molar-refractivity contribution in [1.29, 1.82) is 0 Å². The average Bonchev–Trinajstić information content (AvgIpc) is 3.10. The number of aromatic nitrogens is 5. The first-order valence-electron chi connectivity index (χ1n) is 12.3. The van der Waals surface area contributed by atoms with Crippen LogP contribution in [-0.4, -0.2) is 72.1 Å². The normalized spacial score (nSPS) is 26.3. The van der Waals surface area contributed by atoms with Crippen molar-refractivity contribution in [3.8, 4) is 0 Å². The quantitative estimate of drug-likeness (QED) is 0.685. The molecule has 35 heavy (non-hydrogen) atoms. The molecule has 2 amide bonds. The number of urea groups is 1. The van der Waals surface area contributed by atoms with E-state index in [1.807, 2.05) is 9.80 Å². The van der Waals surface area contributed by atoms with E-state index in [0.717, 1.165) is 82.9 Å². The van der Waals surface area contributed by atoms with Crippen LogP contribution in [0.1, 0.15) is 61.7 Å². The van der Waals surface area contributed by atoms with Crippen LogP contribution in [0.5, 0.6) is 0 Å². The van der Waals surface area contributed by atoms with Gasteiger partial charge >= 0.3 is 12.2 Å². The highest BCUT2D eigenvalue weighted by Gasteiger charge is 2.59. The van der Waals surface area contributed by atoms with Gasteiger partial charge in [0, 0.05) is 55.7 Å². The summed E-state index contributed by atoms with van der Waals surface area (Å²) >= 11 is 0. The minimum Gasteiger partial charge on any atom is -0.382 e. The van der Waals surface area contributed by atoms with E-state index in [9.17, 15) is 23.1 Å². The lowest BCUT2D eigenvalue weighted by Gasteiger charge is -2.63. The smallest absolute Gasteiger partial charge is 0.382 e. The second-order valence-corrected chi connectivity index (χ2v) is 11.9. The van der Waals surface area contributed by atoms with Crippen molar-refractivity contribution in [2.45, 2.75) is 62.8 Å². The highest BCUT2D eigenvalue weighted by molar-refractivity contribution is 5.77. The van der Waals surface area contributed by atoms with Crippen molar-refractivity contribution in [2.75, 3.05) is 26.2 Å². The van der Waals surface area contributed by atoms with Crippen LogP contribution >= 0.6 is 0 Å². The fourth-order valence-electron chi connectivity index (χ4n) is 6.87. The predicted octanol–water partition coefficient (Wildman–Crippen LogP) is 2.71. The molecule has 2 spiro atoms. The number of likely N-dealkylation sites (tertiary alicyclic amines) is 2. The van der Waals surface area contributed by atoms with Crippen molar-refractivity contribution in [2.24, 2.45) is 16.7 Å². The van der Waals surface area contributed by atoms with E-state index >= 15 is 0 Å². The molecule has 2 aromatic heterocycles. The molecular weight excluding hydrogens is 463 g/mol. The summed E-state index contributed by atoms with van der Waals surface area (Å²) in [6.45, 7) is 3.53. The van der Waals surface area contributed by atoms with Gasteiger partial charge in [0.1, 0.15) is 11.4 Å². The van der Waals surface area contributed by atoms with Gasteiger partial charge in [-0.2, -0.15) is 23.4 Å². The molecule has 2 N–H and O–H groups in total. The fourth-order valence-corrected chi connectivity index (χ4v) is 6.87. The van der Waals surface area contributed by atoms with Gasteiger partial charge in [-0.1, -0.05) is 0 Å². The van der Waals surface area contributed by atoms with Gasteiger partial charge in [0.15, 0.2) is 5.82 Å². The zero-order chi connectivity index (χ0) is 24.2. The number of hydrogen-bond donors (Lipinski definition) is 2. The average molecular weight is 492 g/mol. The van der Waals surface area contributed by atoms with Gasteiger partial charge in [-0.3, -0.25) is 9.78 Å². The van der Waals surface area contributed by atoms with E-state index in [1.165, 1.54) is 4.68 Å². The zero-order valence-corrected chi connectivity index (χ0v) is 19.3. The summed E-state index contributed by atoms with van der Waals surface area (Å²) in [7, 11) is 0. The van der Waals surface area contributed by atoms with E-state index in [1.54, 1.807) is 0 Å². The fraction of sp³-hybridized carbons (Fsp3) is 0.739. The third-order valence-corrected chi connectivity index (χ3v) is 8.88. The predicted molar refractivity (Wildman–Crippen MR) is 115 cm³/mol. The van der Waals surface area contributed by atoms with Gasteiger partial charge in [0.2, 0.25) is 0 Å². The van der Waals surface area contributed by atoms with E-state index in [2.05, 4.69) is 20.3 Å². The third kappa shape index (κ3) is 3.47. The Morgan fingerprint density at radius 2 is 1.71 bits per heavy atom. The van der Waals surface area contributed by atoms with Crippen molar-refractivity contribution < 1.29 is 23.1 Å². The third-order valence-electron chi connectivity index (χ3n) is 8.88. The lowest BCUT2D eigenvalue weighted by Crippen LogP contribution is -2.71. The van der Waals surface area contributed by atoms with Crippen LogP contribution in [0.25, 0.3) is 0 Å². The lowest BCUT2D eigenvalue weighted by atomic mass is 9.57. The Balaban J connectivity index is 0.845. The molecule has 0 radical (unpaired) electrons. The number of hydrogen-bond acceptors (Lipinski definition) is 5. The number of halogens is 3. The molecule has 3 aliphatic carbocycles. The summed E-state index contributed by atoms with van der Waals surface area (Å²) in [5, 5.41) is 21.2. The van der Waals surface area contributed by atoms with E-state index in [0.29, 0.717) is 24.2 Å². The first kappa shape index (κ1) is 21.6. The minimum atomic E-state index is -4.36.